The number of amides is 1. The van der Waals surface area contributed by atoms with Gasteiger partial charge in [0.1, 0.15) is 11.5 Å². The third-order valence-electron chi connectivity index (χ3n) is 11.9. The van der Waals surface area contributed by atoms with Gasteiger partial charge in [0.2, 0.25) is 5.91 Å². The molecule has 5 rings (SSSR count). The van der Waals surface area contributed by atoms with E-state index in [1.54, 1.807) is 20.3 Å². The van der Waals surface area contributed by atoms with E-state index < -0.39 is 0 Å². The first kappa shape index (κ1) is 27.8. The van der Waals surface area contributed by atoms with Crippen molar-refractivity contribution in [2.24, 2.45) is 46.3 Å². The molecule has 0 aliphatic heterocycles. The van der Waals surface area contributed by atoms with Crippen LogP contribution in [0.2, 0.25) is 0 Å². The second kappa shape index (κ2) is 10.6. The molecule has 0 heterocycles. The first-order chi connectivity index (χ1) is 18.1. The fourth-order valence-electron chi connectivity index (χ4n) is 9.84. The van der Waals surface area contributed by atoms with Crippen LogP contribution < -0.4 is 14.8 Å². The van der Waals surface area contributed by atoms with E-state index in [1.807, 2.05) is 12.1 Å². The summed E-state index contributed by atoms with van der Waals surface area (Å²) in [6.07, 6.45) is 9.49. The normalized spacial score (nSPS) is 40.9. The molecule has 1 amide bonds. The summed E-state index contributed by atoms with van der Waals surface area (Å²) >= 11 is 0. The standard InChI is InChI=1S/C32H49NO5/c1-19(6-9-29(36)33-21-16-23(37-4)18-24(17-21)38-5)25-7-8-26-30-27(11-13-32(25,26)3)31(2)12-10-22(34)14-20(31)15-28(30)35/h16-20,22,25-28,30,34-35H,6-15H2,1-5H3,(H,33,36)/t19-,20+,22-,25-,26+,27+,28+,30+,31+,32-/m1/s1. The Balaban J connectivity index is 1.23. The van der Waals surface area contributed by atoms with Gasteiger partial charge in [-0.25, -0.2) is 0 Å². The zero-order chi connectivity index (χ0) is 27.2. The van der Waals surface area contributed by atoms with Gasteiger partial charge in [0.05, 0.1) is 26.4 Å². The molecule has 4 saturated carbocycles. The van der Waals surface area contributed by atoms with Gasteiger partial charge in [-0.2, -0.15) is 0 Å². The number of carbonyl (C=O) groups is 1. The van der Waals surface area contributed by atoms with Gasteiger partial charge in [0, 0.05) is 30.3 Å². The maximum Gasteiger partial charge on any atom is 0.224 e. The average molecular weight is 528 g/mol. The lowest BCUT2D eigenvalue weighted by Crippen LogP contribution is -2.58. The summed E-state index contributed by atoms with van der Waals surface area (Å²) in [6.45, 7) is 7.31. The molecule has 6 nitrogen and oxygen atoms in total. The van der Waals surface area contributed by atoms with Gasteiger partial charge < -0.3 is 25.0 Å². The number of fused-ring (bicyclic) bond motifs is 5. The van der Waals surface area contributed by atoms with E-state index in [-0.39, 0.29) is 28.9 Å². The molecule has 4 aliphatic rings. The van der Waals surface area contributed by atoms with E-state index >= 15 is 0 Å². The highest BCUT2D eigenvalue weighted by molar-refractivity contribution is 5.91. The van der Waals surface area contributed by atoms with Gasteiger partial charge >= 0.3 is 0 Å². The van der Waals surface area contributed by atoms with E-state index in [0.29, 0.717) is 59.1 Å². The molecule has 0 unspecified atom stereocenters. The van der Waals surface area contributed by atoms with Crippen LogP contribution in [0.1, 0.15) is 85.0 Å². The molecule has 0 spiro atoms. The number of ether oxygens (including phenoxy) is 2. The maximum atomic E-state index is 12.9. The molecule has 4 fully saturated rings. The molecule has 4 aliphatic carbocycles. The number of hydrogen-bond acceptors (Lipinski definition) is 5. The Bertz CT molecular complexity index is 991. The topological polar surface area (TPSA) is 88.0 Å². The van der Waals surface area contributed by atoms with Crippen LogP contribution in [0.5, 0.6) is 11.5 Å². The summed E-state index contributed by atoms with van der Waals surface area (Å²) in [4.78, 5) is 12.9. The van der Waals surface area contributed by atoms with E-state index in [9.17, 15) is 15.0 Å². The first-order valence-corrected chi connectivity index (χ1v) is 15.0. The Morgan fingerprint density at radius 2 is 1.63 bits per heavy atom. The molecule has 0 radical (unpaired) electrons. The molecule has 212 valence electrons. The molecule has 1 aromatic carbocycles. The van der Waals surface area contributed by atoms with Crippen LogP contribution in [-0.4, -0.2) is 42.5 Å². The summed E-state index contributed by atoms with van der Waals surface area (Å²) in [5.41, 5.74) is 1.18. The lowest BCUT2D eigenvalue weighted by atomic mass is 9.43. The van der Waals surface area contributed by atoms with E-state index in [1.165, 1.54) is 25.7 Å². The monoisotopic (exact) mass is 527 g/mol. The minimum atomic E-state index is -0.243. The predicted octanol–water partition coefficient (Wildman–Crippen LogP) is 6.05. The number of anilines is 1. The maximum absolute atomic E-state index is 12.9. The third kappa shape index (κ3) is 4.85. The molecule has 10 atom stereocenters. The Hall–Kier alpha value is -1.79. The molecule has 6 heteroatoms. The van der Waals surface area contributed by atoms with Crippen molar-refractivity contribution >= 4 is 11.6 Å². The average Bonchev–Trinajstić information content (AvgIpc) is 3.25. The lowest BCUT2D eigenvalue weighted by Gasteiger charge is -2.62. The quantitative estimate of drug-likeness (QED) is 0.402. The number of rotatable bonds is 7. The largest absolute Gasteiger partial charge is 0.497 e. The van der Waals surface area contributed by atoms with Crippen molar-refractivity contribution in [1.82, 2.24) is 0 Å². The summed E-state index contributed by atoms with van der Waals surface area (Å²) in [7, 11) is 3.21. The van der Waals surface area contributed by atoms with Crippen LogP contribution in [-0.2, 0) is 4.79 Å². The fraction of sp³-hybridized carbons (Fsp3) is 0.781. The minimum absolute atomic E-state index is 0.0247. The number of carbonyl (C=O) groups excluding carboxylic acids is 1. The molecule has 38 heavy (non-hydrogen) atoms. The van der Waals surface area contributed by atoms with Gasteiger partial charge in [-0.15, -0.1) is 0 Å². The van der Waals surface area contributed by atoms with Gasteiger partial charge in [-0.1, -0.05) is 20.8 Å². The predicted molar refractivity (Wildman–Crippen MR) is 149 cm³/mol. The SMILES string of the molecule is COc1cc(NC(=O)CC[C@@H](C)[C@H]2CC[C@H]3[C@@H]4[C@@H](O)C[C@@H]5C[C@H](O)CC[C@]5(C)[C@H]4CC[C@]23C)cc(OC)c1. The van der Waals surface area contributed by atoms with Crippen LogP contribution in [0.4, 0.5) is 5.69 Å². The second-order valence-electron chi connectivity index (χ2n) is 13.6. The van der Waals surface area contributed by atoms with Crippen LogP contribution >= 0.6 is 0 Å². The lowest BCUT2D eigenvalue weighted by molar-refractivity contribution is -0.174. The summed E-state index contributed by atoms with van der Waals surface area (Å²) in [6, 6.07) is 5.43. The Labute approximate surface area is 228 Å². The number of methoxy groups -OCH3 is 2. The zero-order valence-electron chi connectivity index (χ0n) is 24.0. The van der Waals surface area contributed by atoms with Gasteiger partial charge in [0.25, 0.3) is 0 Å². The number of nitrogens with one attached hydrogen (secondary N) is 1. The van der Waals surface area contributed by atoms with E-state index in [4.69, 9.17) is 9.47 Å². The third-order valence-corrected chi connectivity index (χ3v) is 11.9. The van der Waals surface area contributed by atoms with Gasteiger partial charge in [0.15, 0.2) is 0 Å². The van der Waals surface area contributed by atoms with Crippen LogP contribution in [0.25, 0.3) is 0 Å². The van der Waals surface area contributed by atoms with Crippen molar-refractivity contribution in [1.29, 1.82) is 0 Å². The highest BCUT2D eigenvalue weighted by Crippen LogP contribution is 2.68. The smallest absolute Gasteiger partial charge is 0.224 e. The minimum Gasteiger partial charge on any atom is -0.497 e. The van der Waals surface area contributed by atoms with Crippen LogP contribution in [0, 0.1) is 46.3 Å². The Morgan fingerprint density at radius 1 is 0.974 bits per heavy atom. The van der Waals surface area contributed by atoms with Crippen LogP contribution in [0.3, 0.4) is 0 Å². The molecule has 3 N–H and O–H groups in total. The zero-order valence-corrected chi connectivity index (χ0v) is 24.0. The molecular weight excluding hydrogens is 478 g/mol. The number of benzene rings is 1. The summed E-state index contributed by atoms with van der Waals surface area (Å²) in [5, 5.41) is 24.8. The van der Waals surface area contributed by atoms with Crippen molar-refractivity contribution in [3.05, 3.63) is 18.2 Å². The summed E-state index contributed by atoms with van der Waals surface area (Å²) < 4.78 is 10.7. The van der Waals surface area contributed by atoms with Crippen molar-refractivity contribution in [3.8, 4) is 11.5 Å². The fourth-order valence-corrected chi connectivity index (χ4v) is 9.84. The highest BCUT2D eigenvalue weighted by atomic mass is 16.5. The van der Waals surface area contributed by atoms with Gasteiger partial charge in [-0.3, -0.25) is 4.79 Å². The molecule has 0 bridgehead atoms. The molecule has 0 saturated heterocycles. The first-order valence-electron chi connectivity index (χ1n) is 15.0. The van der Waals surface area contributed by atoms with Crippen molar-refractivity contribution in [3.63, 3.8) is 0 Å². The molecule has 1 aromatic rings. The van der Waals surface area contributed by atoms with Crippen molar-refractivity contribution in [2.45, 2.75) is 97.2 Å². The van der Waals surface area contributed by atoms with Gasteiger partial charge in [-0.05, 0) is 104 Å². The number of aliphatic hydroxyl groups is 2. The molecule has 0 aromatic heterocycles. The Kier molecular flexibility index (Phi) is 7.78. The summed E-state index contributed by atoms with van der Waals surface area (Å²) in [5.74, 6) is 4.35. The number of aliphatic hydroxyl groups excluding tert-OH is 2. The van der Waals surface area contributed by atoms with Crippen molar-refractivity contribution in [2.75, 3.05) is 19.5 Å². The Morgan fingerprint density at radius 3 is 2.32 bits per heavy atom. The highest BCUT2D eigenvalue weighted by Gasteiger charge is 2.62. The van der Waals surface area contributed by atoms with E-state index in [0.717, 1.165) is 32.1 Å². The van der Waals surface area contributed by atoms with Crippen molar-refractivity contribution < 1.29 is 24.5 Å². The van der Waals surface area contributed by atoms with E-state index in [2.05, 4.69) is 26.1 Å². The van der Waals surface area contributed by atoms with Crippen LogP contribution in [0.15, 0.2) is 18.2 Å². The second-order valence-corrected chi connectivity index (χ2v) is 13.6. The molecular formula is C32H49NO5. The number of hydrogen-bond donors (Lipinski definition) is 3.